The molecule has 2 heterocycles. The fourth-order valence-electron chi connectivity index (χ4n) is 4.01. The Kier molecular flexibility index (Phi) is 5.70. The number of benzene rings is 2. The fraction of sp³-hybridized carbons (Fsp3) is 0.348. The van der Waals surface area contributed by atoms with Crippen molar-refractivity contribution >= 4 is 22.9 Å². The summed E-state index contributed by atoms with van der Waals surface area (Å²) in [6.45, 7) is 3.05. The number of likely N-dealkylation sites (tertiary alicyclic amines) is 1. The number of hydrogen-bond acceptors (Lipinski definition) is 4. The predicted molar refractivity (Wildman–Crippen MR) is 114 cm³/mol. The smallest absolute Gasteiger partial charge is 0.335 e. The number of carboxylic acids is 1. The molecule has 1 unspecified atom stereocenters. The van der Waals surface area contributed by atoms with Gasteiger partial charge in [-0.3, -0.25) is 4.79 Å². The molecule has 0 bridgehead atoms. The minimum Gasteiger partial charge on any atom is -0.494 e. The molecule has 3 aromatic rings. The van der Waals surface area contributed by atoms with E-state index < -0.39 is 5.97 Å². The molecule has 156 valence electrons. The van der Waals surface area contributed by atoms with Gasteiger partial charge in [-0.25, -0.2) is 9.78 Å². The van der Waals surface area contributed by atoms with Crippen molar-refractivity contribution in [2.75, 3.05) is 13.2 Å². The molecule has 0 radical (unpaired) electrons. The quantitative estimate of drug-likeness (QED) is 0.641. The van der Waals surface area contributed by atoms with Gasteiger partial charge in [-0.1, -0.05) is 0 Å². The first-order valence-corrected chi connectivity index (χ1v) is 10.2. The first-order chi connectivity index (χ1) is 14.5. The summed E-state index contributed by atoms with van der Waals surface area (Å²) in [5.74, 6) is 0.625. The molecule has 0 aliphatic carbocycles. The average molecular weight is 407 g/mol. The number of nitrogens with one attached hydrogen (secondary N) is 1. The molecule has 1 saturated heterocycles. The lowest BCUT2D eigenvalue weighted by Gasteiger charge is -2.35. The van der Waals surface area contributed by atoms with E-state index in [0.29, 0.717) is 17.9 Å². The van der Waals surface area contributed by atoms with E-state index >= 15 is 0 Å². The van der Waals surface area contributed by atoms with Gasteiger partial charge in [0.2, 0.25) is 5.91 Å². The summed E-state index contributed by atoms with van der Waals surface area (Å²) >= 11 is 0. The van der Waals surface area contributed by atoms with Crippen molar-refractivity contribution in [1.29, 1.82) is 0 Å². The maximum atomic E-state index is 11.8. The summed E-state index contributed by atoms with van der Waals surface area (Å²) in [6.07, 6.45) is 4.11. The van der Waals surface area contributed by atoms with Crippen LogP contribution in [0.1, 0.15) is 43.0 Å². The Morgan fingerprint density at radius 3 is 2.73 bits per heavy atom. The first-order valence-electron chi connectivity index (χ1n) is 10.2. The summed E-state index contributed by atoms with van der Waals surface area (Å²) in [5, 5.41) is 9.12. The van der Waals surface area contributed by atoms with Gasteiger partial charge in [0, 0.05) is 31.5 Å². The van der Waals surface area contributed by atoms with Crippen LogP contribution >= 0.6 is 0 Å². The number of hydrogen-bond donors (Lipinski definition) is 2. The molecule has 0 spiro atoms. The van der Waals surface area contributed by atoms with Gasteiger partial charge in [-0.05, 0) is 61.7 Å². The first kappa shape index (κ1) is 19.9. The number of ether oxygens (including phenoxy) is 1. The maximum Gasteiger partial charge on any atom is 0.335 e. The molecular weight excluding hydrogens is 382 g/mol. The van der Waals surface area contributed by atoms with Gasteiger partial charge in [0.1, 0.15) is 11.6 Å². The van der Waals surface area contributed by atoms with Crippen molar-refractivity contribution in [2.24, 2.45) is 0 Å². The zero-order valence-electron chi connectivity index (χ0n) is 16.9. The maximum absolute atomic E-state index is 11.8. The third-order valence-corrected chi connectivity index (χ3v) is 5.61. The van der Waals surface area contributed by atoms with Crippen LogP contribution in [0.3, 0.4) is 0 Å². The van der Waals surface area contributed by atoms with Crippen LogP contribution in [0.25, 0.3) is 22.4 Å². The van der Waals surface area contributed by atoms with Crippen molar-refractivity contribution in [1.82, 2.24) is 14.9 Å². The molecule has 2 N–H and O–H groups in total. The van der Waals surface area contributed by atoms with Crippen molar-refractivity contribution in [3.8, 4) is 17.1 Å². The van der Waals surface area contributed by atoms with Crippen LogP contribution < -0.4 is 4.74 Å². The number of carbonyl (C=O) groups excluding carboxylic acids is 1. The molecule has 0 saturated carbocycles. The third kappa shape index (κ3) is 4.30. The summed E-state index contributed by atoms with van der Waals surface area (Å²) in [4.78, 5) is 32.6. The second kappa shape index (κ2) is 8.57. The van der Waals surface area contributed by atoms with Gasteiger partial charge in [-0.15, -0.1) is 0 Å². The second-order valence-electron chi connectivity index (χ2n) is 7.65. The number of rotatable bonds is 6. The molecule has 7 nitrogen and oxygen atoms in total. The topological polar surface area (TPSA) is 95.5 Å². The normalized spacial score (nSPS) is 16.6. The van der Waals surface area contributed by atoms with Crippen LogP contribution in [0, 0.1) is 0 Å². The zero-order chi connectivity index (χ0) is 21.1. The van der Waals surface area contributed by atoms with E-state index in [0.717, 1.165) is 49.1 Å². The molecule has 1 fully saturated rings. The number of aromatic nitrogens is 2. The number of amides is 1. The van der Waals surface area contributed by atoms with Crippen LogP contribution in [-0.2, 0) is 4.79 Å². The largest absolute Gasteiger partial charge is 0.494 e. The standard InChI is InChI=1S/C23H25N3O4/c1-15(27)26-12-3-2-4-18(26)11-13-30-19-8-5-16(6-9-19)22-24-20-10-7-17(23(28)29)14-21(20)25-22/h5-10,14,18H,2-4,11-13H2,1H3,(H,24,25)(H,28,29). The van der Waals surface area contributed by atoms with Crippen LogP contribution in [-0.4, -0.2) is 51.0 Å². The molecule has 7 heteroatoms. The molecule has 1 aliphatic heterocycles. The van der Waals surface area contributed by atoms with Gasteiger partial charge in [0.05, 0.1) is 23.2 Å². The fourth-order valence-corrected chi connectivity index (χ4v) is 4.01. The van der Waals surface area contributed by atoms with Crippen LogP contribution in [0.2, 0.25) is 0 Å². The Morgan fingerprint density at radius 2 is 2.00 bits per heavy atom. The van der Waals surface area contributed by atoms with E-state index in [2.05, 4.69) is 9.97 Å². The van der Waals surface area contributed by atoms with Gasteiger partial charge in [-0.2, -0.15) is 0 Å². The number of aromatic amines is 1. The highest BCUT2D eigenvalue weighted by Gasteiger charge is 2.24. The lowest BCUT2D eigenvalue weighted by atomic mass is 10.00. The van der Waals surface area contributed by atoms with Gasteiger partial charge in [0.15, 0.2) is 0 Å². The molecule has 30 heavy (non-hydrogen) atoms. The Labute approximate surface area is 174 Å². The lowest BCUT2D eigenvalue weighted by Crippen LogP contribution is -2.43. The number of aromatic carboxylic acids is 1. The Bertz CT molecular complexity index is 1060. The summed E-state index contributed by atoms with van der Waals surface area (Å²) in [7, 11) is 0. The summed E-state index contributed by atoms with van der Waals surface area (Å²) in [5.41, 5.74) is 2.52. The van der Waals surface area contributed by atoms with E-state index in [1.165, 1.54) is 0 Å². The van der Waals surface area contributed by atoms with E-state index in [1.807, 2.05) is 29.2 Å². The molecule has 1 aromatic heterocycles. The van der Waals surface area contributed by atoms with Gasteiger partial charge in [0.25, 0.3) is 0 Å². The number of carboxylic acid groups (broad SMARTS) is 1. The van der Waals surface area contributed by atoms with Crippen LogP contribution in [0.5, 0.6) is 5.75 Å². The molecule has 2 aromatic carbocycles. The number of imidazole rings is 1. The number of carbonyl (C=O) groups is 2. The predicted octanol–water partition coefficient (Wildman–Crippen LogP) is 4.10. The number of nitrogens with zero attached hydrogens (tertiary/aromatic N) is 2. The van der Waals surface area contributed by atoms with Crippen molar-refractivity contribution in [3.05, 3.63) is 48.0 Å². The van der Waals surface area contributed by atoms with E-state index in [4.69, 9.17) is 9.84 Å². The number of H-pyrrole nitrogens is 1. The van der Waals surface area contributed by atoms with E-state index in [9.17, 15) is 9.59 Å². The highest BCUT2D eigenvalue weighted by Crippen LogP contribution is 2.24. The molecule has 1 atom stereocenters. The minimum atomic E-state index is -0.970. The zero-order valence-corrected chi connectivity index (χ0v) is 16.9. The number of piperidine rings is 1. The van der Waals surface area contributed by atoms with Crippen molar-refractivity contribution in [2.45, 2.75) is 38.6 Å². The Morgan fingerprint density at radius 1 is 1.20 bits per heavy atom. The molecule has 1 aliphatic rings. The van der Waals surface area contributed by atoms with Crippen molar-refractivity contribution in [3.63, 3.8) is 0 Å². The average Bonchev–Trinajstić information content (AvgIpc) is 3.18. The van der Waals surface area contributed by atoms with Gasteiger partial charge >= 0.3 is 5.97 Å². The molecular formula is C23H25N3O4. The SMILES string of the molecule is CC(=O)N1CCCCC1CCOc1ccc(-c2nc3cc(C(=O)O)ccc3[nH]2)cc1. The molecule has 4 rings (SSSR count). The van der Waals surface area contributed by atoms with E-state index in [1.54, 1.807) is 25.1 Å². The summed E-state index contributed by atoms with van der Waals surface area (Å²) in [6, 6.07) is 12.8. The Hall–Kier alpha value is -3.35. The van der Waals surface area contributed by atoms with Gasteiger partial charge < -0.3 is 19.7 Å². The van der Waals surface area contributed by atoms with Crippen LogP contribution in [0.4, 0.5) is 0 Å². The van der Waals surface area contributed by atoms with Crippen LogP contribution in [0.15, 0.2) is 42.5 Å². The van der Waals surface area contributed by atoms with E-state index in [-0.39, 0.29) is 17.5 Å². The second-order valence-corrected chi connectivity index (χ2v) is 7.65. The third-order valence-electron chi connectivity index (χ3n) is 5.61. The summed E-state index contributed by atoms with van der Waals surface area (Å²) < 4.78 is 5.89. The number of fused-ring (bicyclic) bond motifs is 1. The minimum absolute atomic E-state index is 0.144. The lowest BCUT2D eigenvalue weighted by molar-refractivity contribution is -0.132. The Balaban J connectivity index is 1.39. The van der Waals surface area contributed by atoms with Crippen molar-refractivity contribution < 1.29 is 19.4 Å². The molecule has 1 amide bonds. The monoisotopic (exact) mass is 407 g/mol. The highest BCUT2D eigenvalue weighted by atomic mass is 16.5. The highest BCUT2D eigenvalue weighted by molar-refractivity contribution is 5.93.